The largest absolute Gasteiger partial charge is 0.360 e. The van der Waals surface area contributed by atoms with E-state index >= 15 is 0 Å². The smallest absolute Gasteiger partial charge is 0.190 e. The summed E-state index contributed by atoms with van der Waals surface area (Å²) < 4.78 is 0. The minimum Gasteiger partial charge on any atom is -0.360 e. The fourth-order valence-electron chi connectivity index (χ4n) is 2.16. The Morgan fingerprint density at radius 1 is 1.29 bits per heavy atom. The van der Waals surface area contributed by atoms with Gasteiger partial charge in [0.05, 0.1) is 0 Å². The second kappa shape index (κ2) is 7.14. The molecule has 1 heterocycles. The van der Waals surface area contributed by atoms with Crippen molar-refractivity contribution in [2.75, 3.05) is 6.26 Å². The number of Topliss-reactive ketones (excluding diaryl/α,β-unsaturated/α-hetero) is 1. The molecule has 3 heteroatoms. The minimum atomic E-state index is 0.0596. The molecule has 21 heavy (non-hydrogen) atoms. The quantitative estimate of drug-likeness (QED) is 0.472. The highest BCUT2D eigenvalue weighted by atomic mass is 32.2. The topological polar surface area (TPSA) is 32.9 Å². The zero-order valence-electron chi connectivity index (χ0n) is 12.5. The molecular weight excluding hydrogens is 278 g/mol. The van der Waals surface area contributed by atoms with Gasteiger partial charge in [-0.05, 0) is 54.9 Å². The lowest BCUT2D eigenvalue weighted by Crippen LogP contribution is -2.00. The third kappa shape index (κ3) is 3.56. The molecule has 1 aromatic heterocycles. The Morgan fingerprint density at radius 2 is 2.05 bits per heavy atom. The van der Waals surface area contributed by atoms with E-state index in [1.165, 1.54) is 0 Å². The summed E-state index contributed by atoms with van der Waals surface area (Å²) in [6, 6.07) is 7.85. The molecule has 108 valence electrons. The predicted octanol–water partition coefficient (Wildman–Crippen LogP) is 5.12. The molecule has 0 saturated carbocycles. The van der Waals surface area contributed by atoms with E-state index in [9.17, 15) is 4.79 Å². The number of allylic oxidation sites excluding steroid dienone is 5. The molecule has 0 aliphatic rings. The van der Waals surface area contributed by atoms with Gasteiger partial charge < -0.3 is 4.98 Å². The van der Waals surface area contributed by atoms with Gasteiger partial charge in [-0.3, -0.25) is 4.79 Å². The van der Waals surface area contributed by atoms with Crippen LogP contribution in [0.5, 0.6) is 0 Å². The van der Waals surface area contributed by atoms with Crippen LogP contribution in [-0.4, -0.2) is 17.0 Å². The highest BCUT2D eigenvalue weighted by Crippen LogP contribution is 2.21. The molecule has 0 radical (unpaired) electrons. The van der Waals surface area contributed by atoms with E-state index in [-0.39, 0.29) is 5.78 Å². The molecule has 0 bridgehead atoms. The zero-order chi connectivity index (χ0) is 15.2. The molecule has 0 aliphatic carbocycles. The van der Waals surface area contributed by atoms with Gasteiger partial charge in [0.2, 0.25) is 0 Å². The Hall–Kier alpha value is -2.00. The van der Waals surface area contributed by atoms with Crippen LogP contribution in [0, 0.1) is 0 Å². The maximum atomic E-state index is 12.6. The summed E-state index contributed by atoms with van der Waals surface area (Å²) in [4.78, 5) is 15.7. The summed E-state index contributed by atoms with van der Waals surface area (Å²) in [7, 11) is 0. The van der Waals surface area contributed by atoms with Crippen LogP contribution in [0.3, 0.4) is 0 Å². The first kappa shape index (κ1) is 15.4. The average Bonchev–Trinajstić information content (AvgIpc) is 2.94. The van der Waals surface area contributed by atoms with Crippen molar-refractivity contribution in [3.63, 3.8) is 0 Å². The first-order chi connectivity index (χ1) is 10.2. The fraction of sp³-hybridized carbons (Fsp3) is 0.167. The Labute approximate surface area is 129 Å². The van der Waals surface area contributed by atoms with Gasteiger partial charge in [0.25, 0.3) is 0 Å². The molecule has 1 N–H and O–H groups in total. The number of carbonyl (C=O) groups excluding carboxylic acids is 1. The summed E-state index contributed by atoms with van der Waals surface area (Å²) in [5.41, 5.74) is 3.49. The Morgan fingerprint density at radius 3 is 2.76 bits per heavy atom. The number of benzene rings is 1. The van der Waals surface area contributed by atoms with Crippen LogP contribution in [0.4, 0.5) is 0 Å². The molecule has 0 spiro atoms. The van der Waals surface area contributed by atoms with Crippen molar-refractivity contribution in [3.8, 4) is 0 Å². The highest BCUT2D eigenvalue weighted by molar-refractivity contribution is 8.01. The van der Waals surface area contributed by atoms with Crippen LogP contribution in [0.15, 0.2) is 65.2 Å². The molecule has 2 rings (SSSR count). The van der Waals surface area contributed by atoms with Crippen LogP contribution in [-0.2, 0) is 0 Å². The molecule has 0 atom stereocenters. The van der Waals surface area contributed by atoms with Crippen molar-refractivity contribution in [2.45, 2.75) is 13.8 Å². The number of aromatic nitrogens is 1. The fourth-order valence-corrected chi connectivity index (χ4v) is 2.45. The second-order valence-corrected chi connectivity index (χ2v) is 5.48. The van der Waals surface area contributed by atoms with E-state index in [4.69, 9.17) is 0 Å². The molecule has 0 fully saturated rings. The Balaban J connectivity index is 2.33. The Kier molecular flexibility index (Phi) is 5.23. The molecule has 0 saturated heterocycles. The van der Waals surface area contributed by atoms with Gasteiger partial charge in [0, 0.05) is 22.7 Å². The van der Waals surface area contributed by atoms with E-state index < -0.39 is 0 Å². The standard InChI is InChI=1S/C18H19NOS/c1-4-14(9-10-21-3)11-13(2)18(20)16-12-19-17-8-6-5-7-15(16)17/h4-12,19H,1-3H3/b10-9-,13-11+,14-4-. The second-order valence-electron chi connectivity index (χ2n) is 4.73. The van der Waals surface area contributed by atoms with Gasteiger partial charge in [-0.1, -0.05) is 24.3 Å². The van der Waals surface area contributed by atoms with Crippen molar-refractivity contribution < 1.29 is 4.79 Å². The maximum absolute atomic E-state index is 12.6. The van der Waals surface area contributed by atoms with Crippen LogP contribution in [0.2, 0.25) is 0 Å². The van der Waals surface area contributed by atoms with Gasteiger partial charge in [-0.15, -0.1) is 11.8 Å². The number of ketones is 1. The summed E-state index contributed by atoms with van der Waals surface area (Å²) in [6.45, 7) is 3.83. The molecule has 0 aliphatic heterocycles. The minimum absolute atomic E-state index is 0.0596. The van der Waals surface area contributed by atoms with E-state index in [2.05, 4.69) is 4.98 Å². The lowest BCUT2D eigenvalue weighted by Gasteiger charge is -2.01. The first-order valence-corrected chi connectivity index (χ1v) is 8.11. The lowest BCUT2D eigenvalue weighted by molar-refractivity contribution is 0.103. The number of aromatic amines is 1. The molecule has 2 aromatic rings. The number of rotatable bonds is 5. The first-order valence-electron chi connectivity index (χ1n) is 6.82. The number of H-pyrrole nitrogens is 1. The number of para-hydroxylation sites is 1. The molecule has 0 amide bonds. The van der Waals surface area contributed by atoms with Crippen LogP contribution < -0.4 is 0 Å². The number of hydrogen-bond donors (Lipinski definition) is 1. The summed E-state index contributed by atoms with van der Waals surface area (Å²) in [5, 5.41) is 2.98. The summed E-state index contributed by atoms with van der Waals surface area (Å²) in [5.74, 6) is 0.0596. The van der Waals surface area contributed by atoms with Crippen molar-refractivity contribution in [1.82, 2.24) is 4.98 Å². The van der Waals surface area contributed by atoms with Crippen LogP contribution in [0.25, 0.3) is 10.9 Å². The normalized spacial score (nSPS) is 13.3. The Bertz CT molecular complexity index is 735. The molecule has 1 aromatic carbocycles. The van der Waals surface area contributed by atoms with Gasteiger partial charge in [0.15, 0.2) is 5.78 Å². The third-order valence-electron chi connectivity index (χ3n) is 3.31. The van der Waals surface area contributed by atoms with Crippen LogP contribution >= 0.6 is 11.8 Å². The third-order valence-corrected chi connectivity index (χ3v) is 3.71. The zero-order valence-corrected chi connectivity index (χ0v) is 13.3. The van der Waals surface area contributed by atoms with Crippen LogP contribution in [0.1, 0.15) is 24.2 Å². The number of carbonyl (C=O) groups is 1. The number of thioether (sulfide) groups is 1. The molecular formula is C18H19NOS. The molecule has 0 unspecified atom stereocenters. The number of fused-ring (bicyclic) bond motifs is 1. The van der Waals surface area contributed by atoms with Gasteiger partial charge in [-0.2, -0.15) is 0 Å². The van der Waals surface area contributed by atoms with Crippen molar-refractivity contribution >= 4 is 28.4 Å². The monoisotopic (exact) mass is 297 g/mol. The van der Waals surface area contributed by atoms with E-state index in [1.807, 2.05) is 68.0 Å². The number of nitrogens with one attached hydrogen (secondary N) is 1. The summed E-state index contributed by atoms with van der Waals surface area (Å²) in [6.07, 6.45) is 9.74. The highest BCUT2D eigenvalue weighted by Gasteiger charge is 2.13. The predicted molar refractivity (Wildman–Crippen MR) is 92.8 cm³/mol. The van der Waals surface area contributed by atoms with E-state index in [1.54, 1.807) is 18.0 Å². The van der Waals surface area contributed by atoms with Gasteiger partial charge in [0.1, 0.15) is 0 Å². The summed E-state index contributed by atoms with van der Waals surface area (Å²) >= 11 is 1.64. The van der Waals surface area contributed by atoms with E-state index in [0.29, 0.717) is 0 Å². The van der Waals surface area contributed by atoms with Gasteiger partial charge in [-0.25, -0.2) is 0 Å². The van der Waals surface area contributed by atoms with Gasteiger partial charge >= 0.3 is 0 Å². The number of hydrogen-bond acceptors (Lipinski definition) is 2. The van der Waals surface area contributed by atoms with Crippen molar-refractivity contribution in [3.05, 3.63) is 70.8 Å². The maximum Gasteiger partial charge on any atom is 0.190 e. The molecule has 2 nitrogen and oxygen atoms in total. The average molecular weight is 297 g/mol. The lowest BCUT2D eigenvalue weighted by atomic mass is 10.0. The van der Waals surface area contributed by atoms with E-state index in [0.717, 1.165) is 27.6 Å². The van der Waals surface area contributed by atoms with Crippen molar-refractivity contribution in [1.29, 1.82) is 0 Å². The van der Waals surface area contributed by atoms with Crippen molar-refractivity contribution in [2.24, 2.45) is 0 Å². The SMILES string of the molecule is C/C=C(/C=C\SC)\C=C(/C)C(=O)c1c[nH]c2ccccc12.